The predicted molar refractivity (Wildman–Crippen MR) is 60.4 cm³/mol. The molecule has 0 saturated carbocycles. The summed E-state index contributed by atoms with van der Waals surface area (Å²) in [6.45, 7) is 6.54. The number of carbonyl (C=O) groups is 3. The maximum Gasteiger partial charge on any atom is 0.347 e. The van der Waals surface area contributed by atoms with Gasteiger partial charge in [0.25, 0.3) is 0 Å². The molecule has 1 aliphatic rings. The van der Waals surface area contributed by atoms with Gasteiger partial charge in [0.1, 0.15) is 12.7 Å². The topological polar surface area (TPSA) is 78.9 Å². The first-order valence-corrected chi connectivity index (χ1v) is 5.62. The number of carbonyl (C=O) groups excluding carboxylic acids is 3. The van der Waals surface area contributed by atoms with E-state index in [9.17, 15) is 14.4 Å². The molecule has 0 aromatic heterocycles. The Morgan fingerprint density at radius 2 is 2.17 bits per heavy atom. The van der Waals surface area contributed by atoms with E-state index in [0.717, 1.165) is 0 Å². The van der Waals surface area contributed by atoms with Crippen molar-refractivity contribution in [2.24, 2.45) is 0 Å². The molecule has 0 spiro atoms. The largest absolute Gasteiger partial charge is 0.462 e. The molecular formula is C12H16O6. The molecule has 100 valence electrons. The fourth-order valence-electron chi connectivity index (χ4n) is 1.38. The zero-order valence-electron chi connectivity index (χ0n) is 10.4. The number of cyclic esters (lactones) is 1. The first kappa shape index (κ1) is 14.2. The maximum atomic E-state index is 11.4. The van der Waals surface area contributed by atoms with Gasteiger partial charge in [-0.1, -0.05) is 6.58 Å². The van der Waals surface area contributed by atoms with Crippen LogP contribution in [0.1, 0.15) is 26.7 Å². The molecule has 1 heterocycles. The van der Waals surface area contributed by atoms with E-state index in [2.05, 4.69) is 6.58 Å². The van der Waals surface area contributed by atoms with Crippen LogP contribution >= 0.6 is 0 Å². The SMILES string of the molecule is C=C(C)C(=O)OCCC(=O)OC1CC(C)OC1=O. The van der Waals surface area contributed by atoms with Crippen molar-refractivity contribution in [3.05, 3.63) is 12.2 Å². The average Bonchev–Trinajstić information content (AvgIpc) is 2.57. The highest BCUT2D eigenvalue weighted by molar-refractivity contribution is 5.87. The summed E-state index contributed by atoms with van der Waals surface area (Å²) in [4.78, 5) is 33.6. The highest BCUT2D eigenvalue weighted by atomic mass is 16.6. The highest BCUT2D eigenvalue weighted by Gasteiger charge is 2.34. The van der Waals surface area contributed by atoms with E-state index in [-0.39, 0.29) is 24.7 Å². The first-order valence-electron chi connectivity index (χ1n) is 5.62. The summed E-state index contributed by atoms with van der Waals surface area (Å²) in [5.41, 5.74) is 0.261. The van der Waals surface area contributed by atoms with E-state index in [1.165, 1.54) is 6.92 Å². The Morgan fingerprint density at radius 3 is 2.67 bits per heavy atom. The molecule has 1 aliphatic heterocycles. The number of hydrogen-bond acceptors (Lipinski definition) is 6. The van der Waals surface area contributed by atoms with E-state index in [4.69, 9.17) is 14.2 Å². The van der Waals surface area contributed by atoms with Crippen molar-refractivity contribution in [2.75, 3.05) is 6.61 Å². The molecule has 0 N–H and O–H groups in total. The van der Waals surface area contributed by atoms with Crippen molar-refractivity contribution in [3.8, 4) is 0 Å². The van der Waals surface area contributed by atoms with Crippen LogP contribution in [0.5, 0.6) is 0 Å². The van der Waals surface area contributed by atoms with Crippen LogP contribution in [0.2, 0.25) is 0 Å². The van der Waals surface area contributed by atoms with Gasteiger partial charge in [-0.25, -0.2) is 9.59 Å². The average molecular weight is 256 g/mol. The second-order valence-corrected chi connectivity index (χ2v) is 4.13. The third-order valence-corrected chi connectivity index (χ3v) is 2.29. The van der Waals surface area contributed by atoms with Gasteiger partial charge in [-0.3, -0.25) is 4.79 Å². The van der Waals surface area contributed by atoms with Gasteiger partial charge in [0.15, 0.2) is 0 Å². The van der Waals surface area contributed by atoms with Crippen LogP contribution in [0.3, 0.4) is 0 Å². The van der Waals surface area contributed by atoms with E-state index >= 15 is 0 Å². The Kier molecular flexibility index (Phi) is 4.88. The van der Waals surface area contributed by atoms with Gasteiger partial charge in [-0.15, -0.1) is 0 Å². The normalized spacial score (nSPS) is 22.2. The van der Waals surface area contributed by atoms with Gasteiger partial charge >= 0.3 is 17.9 Å². The Bertz CT molecular complexity index is 373. The van der Waals surface area contributed by atoms with Crippen molar-refractivity contribution in [1.82, 2.24) is 0 Å². The third-order valence-electron chi connectivity index (χ3n) is 2.29. The van der Waals surface area contributed by atoms with Crippen LogP contribution in [0, 0.1) is 0 Å². The number of ether oxygens (including phenoxy) is 3. The van der Waals surface area contributed by atoms with Crippen LogP contribution in [-0.4, -0.2) is 36.7 Å². The Morgan fingerprint density at radius 1 is 1.50 bits per heavy atom. The minimum absolute atomic E-state index is 0.0954. The van der Waals surface area contributed by atoms with Gasteiger partial charge in [0, 0.05) is 12.0 Å². The molecule has 0 aromatic rings. The minimum Gasteiger partial charge on any atom is -0.462 e. The molecule has 0 aromatic carbocycles. The summed E-state index contributed by atoms with van der Waals surface area (Å²) < 4.78 is 14.5. The number of esters is 3. The highest BCUT2D eigenvalue weighted by Crippen LogP contribution is 2.17. The van der Waals surface area contributed by atoms with Crippen LogP contribution in [-0.2, 0) is 28.6 Å². The number of hydrogen-bond donors (Lipinski definition) is 0. The second-order valence-electron chi connectivity index (χ2n) is 4.13. The van der Waals surface area contributed by atoms with Crippen LogP contribution < -0.4 is 0 Å². The maximum absolute atomic E-state index is 11.4. The zero-order chi connectivity index (χ0) is 13.7. The summed E-state index contributed by atoms with van der Waals surface area (Å²) in [5.74, 6) is -1.69. The Hall–Kier alpha value is -1.85. The van der Waals surface area contributed by atoms with Crippen LogP contribution in [0.4, 0.5) is 0 Å². The van der Waals surface area contributed by atoms with Gasteiger partial charge in [-0.2, -0.15) is 0 Å². The molecule has 1 fully saturated rings. The molecule has 0 radical (unpaired) electrons. The van der Waals surface area contributed by atoms with E-state index in [1.54, 1.807) is 6.92 Å². The molecule has 2 unspecified atom stereocenters. The molecular weight excluding hydrogens is 240 g/mol. The predicted octanol–water partition coefficient (Wildman–Crippen LogP) is 0.743. The lowest BCUT2D eigenvalue weighted by Gasteiger charge is -2.08. The van der Waals surface area contributed by atoms with E-state index in [0.29, 0.717) is 6.42 Å². The molecule has 1 rings (SSSR count). The van der Waals surface area contributed by atoms with Crippen molar-refractivity contribution >= 4 is 17.9 Å². The lowest BCUT2D eigenvalue weighted by Crippen LogP contribution is -2.23. The van der Waals surface area contributed by atoms with Crippen molar-refractivity contribution < 1.29 is 28.6 Å². The summed E-state index contributed by atoms with van der Waals surface area (Å²) in [5, 5.41) is 0. The lowest BCUT2D eigenvalue weighted by molar-refractivity contribution is -0.162. The van der Waals surface area contributed by atoms with Crippen molar-refractivity contribution in [1.29, 1.82) is 0 Å². The van der Waals surface area contributed by atoms with Crippen molar-refractivity contribution in [2.45, 2.75) is 38.9 Å². The summed E-state index contributed by atoms with van der Waals surface area (Å²) in [7, 11) is 0. The number of rotatable bonds is 5. The van der Waals surface area contributed by atoms with Gasteiger partial charge in [0.2, 0.25) is 6.10 Å². The second kappa shape index (κ2) is 6.18. The quantitative estimate of drug-likeness (QED) is 0.410. The molecule has 0 aliphatic carbocycles. The fourth-order valence-corrected chi connectivity index (χ4v) is 1.38. The molecule has 18 heavy (non-hydrogen) atoms. The third kappa shape index (κ3) is 4.20. The molecule has 0 bridgehead atoms. The van der Waals surface area contributed by atoms with Gasteiger partial charge in [0.05, 0.1) is 6.42 Å². The summed E-state index contributed by atoms with van der Waals surface area (Å²) >= 11 is 0. The summed E-state index contributed by atoms with van der Waals surface area (Å²) in [6.07, 6.45) is -0.825. The molecule has 0 amide bonds. The van der Waals surface area contributed by atoms with Gasteiger partial charge in [-0.05, 0) is 13.8 Å². The monoisotopic (exact) mass is 256 g/mol. The Balaban J connectivity index is 2.24. The smallest absolute Gasteiger partial charge is 0.347 e. The molecule has 6 heteroatoms. The Labute approximate surface area is 105 Å². The van der Waals surface area contributed by atoms with Gasteiger partial charge < -0.3 is 14.2 Å². The van der Waals surface area contributed by atoms with Crippen LogP contribution in [0.15, 0.2) is 12.2 Å². The fraction of sp³-hybridized carbons (Fsp3) is 0.583. The summed E-state index contributed by atoms with van der Waals surface area (Å²) in [6, 6.07) is 0. The lowest BCUT2D eigenvalue weighted by atomic mass is 10.2. The molecule has 6 nitrogen and oxygen atoms in total. The minimum atomic E-state index is -0.843. The van der Waals surface area contributed by atoms with E-state index in [1.807, 2.05) is 0 Å². The zero-order valence-corrected chi connectivity index (χ0v) is 10.4. The van der Waals surface area contributed by atoms with Crippen molar-refractivity contribution in [3.63, 3.8) is 0 Å². The molecule has 2 atom stereocenters. The standard InChI is InChI=1S/C12H16O6/c1-7(2)11(14)16-5-4-10(13)18-9-6-8(3)17-12(9)15/h8-9H,1,4-6H2,2-3H3. The van der Waals surface area contributed by atoms with Crippen LogP contribution in [0.25, 0.3) is 0 Å². The molecule has 1 saturated heterocycles. The first-order chi connectivity index (χ1) is 8.40. The van der Waals surface area contributed by atoms with E-state index < -0.39 is 24.0 Å².